The summed E-state index contributed by atoms with van der Waals surface area (Å²) < 4.78 is 12.2. The van der Waals surface area contributed by atoms with E-state index in [0.29, 0.717) is 19.6 Å². The normalized spacial score (nSPS) is 16.9. The number of halogens is 1. The van der Waals surface area contributed by atoms with Gasteiger partial charge < -0.3 is 4.90 Å². The number of alkyl halides is 1. The van der Waals surface area contributed by atoms with E-state index >= 15 is 0 Å². The molecule has 0 unspecified atom stereocenters. The number of hydrogen-bond acceptors (Lipinski definition) is 2. The number of amides is 1. The minimum Gasteiger partial charge on any atom is -0.336 e. The number of rotatable bonds is 3. The summed E-state index contributed by atoms with van der Waals surface area (Å²) in [6.45, 7) is 5.07. The van der Waals surface area contributed by atoms with E-state index in [9.17, 15) is 9.18 Å². The Bertz CT molecular complexity index is 397. The lowest BCUT2D eigenvalue weighted by molar-refractivity contribution is 0.0630. The molecule has 1 heterocycles. The maximum atomic E-state index is 12.2. The van der Waals surface area contributed by atoms with E-state index in [-0.39, 0.29) is 12.6 Å². The molecule has 0 saturated carbocycles. The molecule has 0 spiro atoms. The second-order valence-electron chi connectivity index (χ2n) is 4.69. The predicted molar refractivity (Wildman–Crippen MR) is 69.5 cm³/mol. The third-order valence-electron chi connectivity index (χ3n) is 3.36. The molecule has 1 saturated heterocycles. The van der Waals surface area contributed by atoms with Gasteiger partial charge in [-0.2, -0.15) is 0 Å². The van der Waals surface area contributed by atoms with Crippen LogP contribution in [0.1, 0.15) is 15.9 Å². The molecule has 3 nitrogen and oxygen atoms in total. The summed E-state index contributed by atoms with van der Waals surface area (Å²) >= 11 is 0. The fourth-order valence-corrected chi connectivity index (χ4v) is 2.17. The molecule has 0 atom stereocenters. The van der Waals surface area contributed by atoms with Crippen molar-refractivity contribution < 1.29 is 9.18 Å². The third-order valence-corrected chi connectivity index (χ3v) is 3.36. The third kappa shape index (κ3) is 3.07. The van der Waals surface area contributed by atoms with Crippen LogP contribution in [0.3, 0.4) is 0 Å². The Balaban J connectivity index is 1.93. The minimum atomic E-state index is -0.314. The highest BCUT2D eigenvalue weighted by Gasteiger charge is 2.21. The van der Waals surface area contributed by atoms with E-state index in [1.54, 1.807) is 0 Å². The summed E-state index contributed by atoms with van der Waals surface area (Å²) in [5.41, 5.74) is 1.89. The smallest absolute Gasteiger partial charge is 0.253 e. The van der Waals surface area contributed by atoms with Crippen LogP contribution >= 0.6 is 0 Å². The van der Waals surface area contributed by atoms with Crippen LogP contribution in [-0.2, 0) is 0 Å². The molecule has 1 aromatic rings. The van der Waals surface area contributed by atoms with Gasteiger partial charge in [-0.25, -0.2) is 4.39 Å². The number of piperazine rings is 1. The van der Waals surface area contributed by atoms with Crippen molar-refractivity contribution in [1.29, 1.82) is 0 Å². The molecule has 0 radical (unpaired) electrons. The number of benzene rings is 1. The van der Waals surface area contributed by atoms with Crippen molar-refractivity contribution in [2.24, 2.45) is 0 Å². The highest BCUT2D eigenvalue weighted by atomic mass is 19.1. The van der Waals surface area contributed by atoms with Gasteiger partial charge in [0.2, 0.25) is 0 Å². The number of carbonyl (C=O) groups is 1. The molecule has 18 heavy (non-hydrogen) atoms. The molecule has 0 N–H and O–H groups in total. The quantitative estimate of drug-likeness (QED) is 0.815. The summed E-state index contributed by atoms with van der Waals surface area (Å²) in [4.78, 5) is 16.1. The number of carbonyl (C=O) groups excluding carboxylic acids is 1. The number of aryl methyl sites for hydroxylation is 1. The molecule has 0 aliphatic carbocycles. The first kappa shape index (κ1) is 13.0. The van der Waals surface area contributed by atoms with Gasteiger partial charge in [0, 0.05) is 38.3 Å². The predicted octanol–water partition coefficient (Wildman–Crippen LogP) is 1.72. The van der Waals surface area contributed by atoms with E-state index in [0.717, 1.165) is 24.2 Å². The molecule has 0 bridgehead atoms. The molecule has 1 aliphatic heterocycles. The molecule has 1 aliphatic rings. The largest absolute Gasteiger partial charge is 0.336 e. The first-order valence-electron chi connectivity index (χ1n) is 6.35. The van der Waals surface area contributed by atoms with Crippen molar-refractivity contribution in [2.45, 2.75) is 6.92 Å². The Kier molecular flexibility index (Phi) is 4.31. The van der Waals surface area contributed by atoms with Crippen LogP contribution in [-0.4, -0.2) is 55.1 Å². The SMILES string of the molecule is Cc1ccc(C(=O)N2CCN(CCF)CC2)cc1. The summed E-state index contributed by atoms with van der Waals surface area (Å²) in [5, 5.41) is 0. The lowest BCUT2D eigenvalue weighted by Gasteiger charge is -2.34. The van der Waals surface area contributed by atoms with Gasteiger partial charge in [0.25, 0.3) is 5.91 Å². The van der Waals surface area contributed by atoms with Gasteiger partial charge in [0.1, 0.15) is 6.67 Å². The van der Waals surface area contributed by atoms with E-state index in [2.05, 4.69) is 4.90 Å². The lowest BCUT2D eigenvalue weighted by atomic mass is 10.1. The van der Waals surface area contributed by atoms with Crippen LogP contribution < -0.4 is 0 Å². The number of hydrogen-bond donors (Lipinski definition) is 0. The summed E-state index contributed by atoms with van der Waals surface area (Å²) in [5.74, 6) is 0.0786. The second kappa shape index (κ2) is 5.96. The van der Waals surface area contributed by atoms with Gasteiger partial charge in [-0.3, -0.25) is 9.69 Å². The Morgan fingerprint density at radius 3 is 2.33 bits per heavy atom. The van der Waals surface area contributed by atoms with Crippen molar-refractivity contribution in [2.75, 3.05) is 39.4 Å². The zero-order valence-corrected chi connectivity index (χ0v) is 10.7. The van der Waals surface area contributed by atoms with Gasteiger partial charge >= 0.3 is 0 Å². The molecule has 1 aromatic carbocycles. The van der Waals surface area contributed by atoms with Crippen LogP contribution in [0.25, 0.3) is 0 Å². The Labute approximate surface area is 107 Å². The maximum Gasteiger partial charge on any atom is 0.253 e. The van der Waals surface area contributed by atoms with Crippen molar-refractivity contribution in [3.63, 3.8) is 0 Å². The van der Waals surface area contributed by atoms with Gasteiger partial charge in [0.15, 0.2) is 0 Å². The van der Waals surface area contributed by atoms with Crippen molar-refractivity contribution in [3.8, 4) is 0 Å². The van der Waals surface area contributed by atoms with Crippen LogP contribution in [0.2, 0.25) is 0 Å². The molecular formula is C14H19FN2O. The first-order valence-corrected chi connectivity index (χ1v) is 6.35. The highest BCUT2D eigenvalue weighted by molar-refractivity contribution is 5.94. The van der Waals surface area contributed by atoms with E-state index in [1.807, 2.05) is 36.1 Å². The summed E-state index contributed by atoms with van der Waals surface area (Å²) in [6, 6.07) is 7.64. The summed E-state index contributed by atoms with van der Waals surface area (Å²) in [6.07, 6.45) is 0. The van der Waals surface area contributed by atoms with Gasteiger partial charge in [-0.1, -0.05) is 17.7 Å². The van der Waals surface area contributed by atoms with Gasteiger partial charge in [-0.15, -0.1) is 0 Å². The Morgan fingerprint density at radius 2 is 1.78 bits per heavy atom. The monoisotopic (exact) mass is 250 g/mol. The molecular weight excluding hydrogens is 231 g/mol. The van der Waals surface area contributed by atoms with Gasteiger partial charge in [0.05, 0.1) is 0 Å². The number of nitrogens with zero attached hydrogens (tertiary/aromatic N) is 2. The molecule has 4 heteroatoms. The molecule has 0 aromatic heterocycles. The maximum absolute atomic E-state index is 12.2. The fourth-order valence-electron chi connectivity index (χ4n) is 2.17. The van der Waals surface area contributed by atoms with Crippen molar-refractivity contribution in [1.82, 2.24) is 9.80 Å². The second-order valence-corrected chi connectivity index (χ2v) is 4.69. The minimum absolute atomic E-state index is 0.0786. The van der Waals surface area contributed by atoms with Crippen molar-refractivity contribution >= 4 is 5.91 Å². The molecule has 2 rings (SSSR count). The molecule has 1 amide bonds. The van der Waals surface area contributed by atoms with Crippen LogP contribution in [0, 0.1) is 6.92 Å². The Morgan fingerprint density at radius 1 is 1.17 bits per heavy atom. The standard InChI is InChI=1S/C14H19FN2O/c1-12-2-4-13(5-3-12)14(18)17-10-8-16(7-6-15)9-11-17/h2-5H,6-11H2,1H3. The van der Waals surface area contributed by atoms with Crippen LogP contribution in [0.5, 0.6) is 0 Å². The topological polar surface area (TPSA) is 23.6 Å². The summed E-state index contributed by atoms with van der Waals surface area (Å²) in [7, 11) is 0. The zero-order chi connectivity index (χ0) is 13.0. The van der Waals surface area contributed by atoms with Crippen LogP contribution in [0.15, 0.2) is 24.3 Å². The van der Waals surface area contributed by atoms with Crippen molar-refractivity contribution in [3.05, 3.63) is 35.4 Å². The fraction of sp³-hybridized carbons (Fsp3) is 0.500. The average molecular weight is 250 g/mol. The molecule has 98 valence electrons. The zero-order valence-electron chi connectivity index (χ0n) is 10.7. The Hall–Kier alpha value is -1.42. The van der Waals surface area contributed by atoms with E-state index in [1.165, 1.54) is 0 Å². The average Bonchev–Trinajstić information content (AvgIpc) is 2.40. The first-order chi connectivity index (χ1) is 8.70. The van der Waals surface area contributed by atoms with E-state index < -0.39 is 0 Å². The lowest BCUT2D eigenvalue weighted by Crippen LogP contribution is -2.49. The van der Waals surface area contributed by atoms with Gasteiger partial charge in [-0.05, 0) is 19.1 Å². The molecule has 1 fully saturated rings. The van der Waals surface area contributed by atoms with E-state index in [4.69, 9.17) is 0 Å². The highest BCUT2D eigenvalue weighted by Crippen LogP contribution is 2.10. The van der Waals surface area contributed by atoms with Crippen LogP contribution in [0.4, 0.5) is 4.39 Å².